The Labute approximate surface area is 123 Å². The zero-order valence-electron chi connectivity index (χ0n) is 12.3. The number of aryl methyl sites for hydroxylation is 1. The normalized spacial score (nSPS) is 10.6. The van der Waals surface area contributed by atoms with Crippen molar-refractivity contribution in [2.75, 3.05) is 46.8 Å². The van der Waals surface area contributed by atoms with E-state index in [4.69, 9.17) is 24.1 Å². The first-order valence-electron chi connectivity index (χ1n) is 6.63. The first-order valence-corrected chi connectivity index (χ1v) is 6.63. The molecule has 0 aromatic carbocycles. The lowest BCUT2D eigenvalue weighted by Crippen LogP contribution is -2.14. The van der Waals surface area contributed by atoms with E-state index in [-0.39, 0.29) is 18.1 Å². The van der Waals surface area contributed by atoms with Gasteiger partial charge in [-0.05, 0) is 18.6 Å². The molecule has 0 atom stereocenters. The van der Waals surface area contributed by atoms with Crippen LogP contribution in [0.15, 0.2) is 12.3 Å². The molecule has 0 fully saturated rings. The lowest BCUT2D eigenvalue weighted by Gasteiger charge is -2.10. The van der Waals surface area contributed by atoms with Crippen molar-refractivity contribution in [3.63, 3.8) is 0 Å². The molecule has 1 rings (SSSR count). The third-order valence-electron chi connectivity index (χ3n) is 2.61. The molecule has 0 saturated heterocycles. The zero-order valence-corrected chi connectivity index (χ0v) is 12.3. The van der Waals surface area contributed by atoms with Crippen molar-refractivity contribution in [3.05, 3.63) is 23.4 Å². The Bertz CT molecular complexity index is 437. The maximum atomic E-state index is 11.1. The molecule has 0 bridgehead atoms. The van der Waals surface area contributed by atoms with Crippen molar-refractivity contribution < 1.29 is 28.8 Å². The molecule has 0 saturated carbocycles. The maximum Gasteiger partial charge on any atom is 0.341 e. The van der Waals surface area contributed by atoms with E-state index < -0.39 is 5.97 Å². The van der Waals surface area contributed by atoms with Gasteiger partial charge in [0.15, 0.2) is 0 Å². The number of rotatable bonds is 11. The monoisotopic (exact) mass is 299 g/mol. The number of ether oxygens (including phenoxy) is 4. The van der Waals surface area contributed by atoms with Gasteiger partial charge in [-0.15, -0.1) is 0 Å². The number of carboxylic acid groups (broad SMARTS) is 1. The van der Waals surface area contributed by atoms with Gasteiger partial charge in [0.25, 0.3) is 0 Å². The molecule has 21 heavy (non-hydrogen) atoms. The van der Waals surface area contributed by atoms with E-state index >= 15 is 0 Å². The third kappa shape index (κ3) is 6.52. The molecule has 0 radical (unpaired) electrons. The van der Waals surface area contributed by atoms with Crippen LogP contribution in [0.1, 0.15) is 15.9 Å². The Balaban J connectivity index is 2.21. The van der Waals surface area contributed by atoms with E-state index in [9.17, 15) is 4.79 Å². The van der Waals surface area contributed by atoms with Crippen LogP contribution in [0.2, 0.25) is 0 Å². The first-order chi connectivity index (χ1) is 10.2. The van der Waals surface area contributed by atoms with Crippen LogP contribution in [0.3, 0.4) is 0 Å². The number of aromatic nitrogens is 1. The minimum Gasteiger partial charge on any atom is -0.477 e. The van der Waals surface area contributed by atoms with Crippen LogP contribution in [-0.4, -0.2) is 62.8 Å². The quantitative estimate of drug-likeness (QED) is 0.613. The predicted octanol–water partition coefficient (Wildman–Crippen LogP) is 1.15. The third-order valence-corrected chi connectivity index (χ3v) is 2.61. The summed E-state index contributed by atoms with van der Waals surface area (Å²) in [4.78, 5) is 15.1. The van der Waals surface area contributed by atoms with Crippen molar-refractivity contribution >= 4 is 5.97 Å². The Morgan fingerprint density at radius 1 is 1.14 bits per heavy atom. The second-order valence-electron chi connectivity index (χ2n) is 4.18. The molecule has 0 amide bonds. The fourth-order valence-corrected chi connectivity index (χ4v) is 1.56. The molecular weight excluding hydrogens is 278 g/mol. The molecule has 0 aliphatic heterocycles. The minimum absolute atomic E-state index is 0.0837. The van der Waals surface area contributed by atoms with Gasteiger partial charge in [-0.2, -0.15) is 0 Å². The summed E-state index contributed by atoms with van der Waals surface area (Å²) in [5.41, 5.74) is 0.695. The molecule has 118 valence electrons. The summed E-state index contributed by atoms with van der Waals surface area (Å²) in [6.07, 6.45) is 1.52. The number of carbonyl (C=O) groups is 1. The highest BCUT2D eigenvalue weighted by molar-refractivity contribution is 5.91. The molecule has 1 aromatic heterocycles. The second-order valence-corrected chi connectivity index (χ2v) is 4.18. The van der Waals surface area contributed by atoms with E-state index in [1.54, 1.807) is 20.1 Å². The van der Waals surface area contributed by atoms with E-state index in [0.717, 1.165) is 0 Å². The largest absolute Gasteiger partial charge is 0.477 e. The summed E-state index contributed by atoms with van der Waals surface area (Å²) in [7, 11) is 1.61. The summed E-state index contributed by atoms with van der Waals surface area (Å²) in [5.74, 6) is -0.939. The van der Waals surface area contributed by atoms with Crippen molar-refractivity contribution in [1.82, 2.24) is 4.98 Å². The highest BCUT2D eigenvalue weighted by Gasteiger charge is 2.15. The molecule has 7 heteroatoms. The van der Waals surface area contributed by atoms with Gasteiger partial charge < -0.3 is 24.1 Å². The fourth-order valence-electron chi connectivity index (χ4n) is 1.56. The first kappa shape index (κ1) is 17.4. The molecule has 1 aromatic rings. The van der Waals surface area contributed by atoms with Crippen LogP contribution in [-0.2, 0) is 14.2 Å². The van der Waals surface area contributed by atoms with E-state index in [2.05, 4.69) is 4.98 Å². The van der Waals surface area contributed by atoms with Crippen molar-refractivity contribution in [2.24, 2.45) is 0 Å². The SMILES string of the molecule is COCCOCCOCCOc1nccc(C)c1C(=O)O. The zero-order chi connectivity index (χ0) is 15.5. The molecule has 0 aliphatic rings. The van der Waals surface area contributed by atoms with Gasteiger partial charge in [0.2, 0.25) is 5.88 Å². The number of carboxylic acids is 1. The van der Waals surface area contributed by atoms with Gasteiger partial charge >= 0.3 is 5.97 Å². The lowest BCUT2D eigenvalue weighted by atomic mass is 10.1. The second kappa shape index (κ2) is 10.1. The molecular formula is C14H21NO6. The van der Waals surface area contributed by atoms with E-state index in [1.165, 1.54) is 6.20 Å². The summed E-state index contributed by atoms with van der Waals surface area (Å²) in [5, 5.41) is 9.11. The summed E-state index contributed by atoms with van der Waals surface area (Å²) in [6.45, 7) is 4.28. The molecule has 1 heterocycles. The summed E-state index contributed by atoms with van der Waals surface area (Å²) < 4.78 is 20.7. The number of aromatic carboxylic acids is 1. The van der Waals surface area contributed by atoms with Gasteiger partial charge in [-0.1, -0.05) is 0 Å². The molecule has 0 spiro atoms. The fraction of sp³-hybridized carbons (Fsp3) is 0.571. The minimum atomic E-state index is -1.05. The highest BCUT2D eigenvalue weighted by atomic mass is 16.6. The number of hydrogen-bond acceptors (Lipinski definition) is 6. The number of hydrogen-bond donors (Lipinski definition) is 1. The van der Waals surface area contributed by atoms with Crippen LogP contribution in [0, 0.1) is 6.92 Å². The number of nitrogens with zero attached hydrogens (tertiary/aromatic N) is 1. The Kier molecular flexibility index (Phi) is 8.34. The van der Waals surface area contributed by atoms with E-state index in [1.807, 2.05) is 0 Å². The van der Waals surface area contributed by atoms with Crippen LogP contribution in [0.5, 0.6) is 5.88 Å². The van der Waals surface area contributed by atoms with Crippen LogP contribution >= 0.6 is 0 Å². The number of methoxy groups -OCH3 is 1. The Morgan fingerprint density at radius 2 is 1.76 bits per heavy atom. The molecule has 1 N–H and O–H groups in total. The van der Waals surface area contributed by atoms with Gasteiger partial charge in [0, 0.05) is 13.3 Å². The van der Waals surface area contributed by atoms with Gasteiger partial charge in [0.1, 0.15) is 12.2 Å². The van der Waals surface area contributed by atoms with Crippen LogP contribution in [0.4, 0.5) is 0 Å². The Morgan fingerprint density at radius 3 is 2.38 bits per heavy atom. The lowest BCUT2D eigenvalue weighted by molar-refractivity contribution is 0.0175. The highest BCUT2D eigenvalue weighted by Crippen LogP contribution is 2.18. The number of pyridine rings is 1. The smallest absolute Gasteiger partial charge is 0.341 e. The van der Waals surface area contributed by atoms with Crippen LogP contribution in [0.25, 0.3) is 0 Å². The molecule has 0 aliphatic carbocycles. The summed E-state index contributed by atoms with van der Waals surface area (Å²) in [6, 6.07) is 1.63. The van der Waals surface area contributed by atoms with Crippen molar-refractivity contribution in [1.29, 1.82) is 0 Å². The summed E-state index contributed by atoms with van der Waals surface area (Å²) >= 11 is 0. The van der Waals surface area contributed by atoms with Gasteiger partial charge in [-0.3, -0.25) is 0 Å². The van der Waals surface area contributed by atoms with Crippen molar-refractivity contribution in [3.8, 4) is 5.88 Å². The van der Waals surface area contributed by atoms with Crippen LogP contribution < -0.4 is 4.74 Å². The van der Waals surface area contributed by atoms with Crippen molar-refractivity contribution in [2.45, 2.75) is 6.92 Å². The Hall–Kier alpha value is -1.70. The topological polar surface area (TPSA) is 87.1 Å². The average Bonchev–Trinajstić information content (AvgIpc) is 2.45. The van der Waals surface area contributed by atoms with Gasteiger partial charge in [-0.25, -0.2) is 9.78 Å². The van der Waals surface area contributed by atoms with E-state index in [0.29, 0.717) is 38.6 Å². The maximum absolute atomic E-state index is 11.1. The molecule has 7 nitrogen and oxygen atoms in total. The van der Waals surface area contributed by atoms with Gasteiger partial charge in [0.05, 0.1) is 33.0 Å². The molecule has 0 unspecified atom stereocenters. The predicted molar refractivity (Wildman–Crippen MR) is 74.9 cm³/mol. The average molecular weight is 299 g/mol. The standard InChI is InChI=1S/C14H21NO6/c1-11-3-4-15-13(12(11)14(16)17)21-10-9-20-8-7-19-6-5-18-2/h3-4H,5-10H2,1-2H3,(H,16,17).